The normalized spacial score (nSPS) is 12.4. The van der Waals surface area contributed by atoms with Crippen molar-refractivity contribution >= 4 is 11.4 Å². The molecule has 0 aliphatic rings. The first-order chi connectivity index (χ1) is 33.6. The molecule has 0 saturated heterocycles. The van der Waals surface area contributed by atoms with E-state index < -0.39 is 0 Å². The van der Waals surface area contributed by atoms with Crippen molar-refractivity contribution in [3.05, 3.63) is 130 Å². The molecule has 0 aliphatic carbocycles. The monoisotopic (exact) mass is 925 g/mol. The van der Waals surface area contributed by atoms with Gasteiger partial charge in [0.2, 0.25) is 0 Å². The summed E-state index contributed by atoms with van der Waals surface area (Å²) in [4.78, 5) is 0. The van der Waals surface area contributed by atoms with Gasteiger partial charge in [0.15, 0.2) is 0 Å². The highest BCUT2D eigenvalue weighted by molar-refractivity contribution is 5.44. The van der Waals surface area contributed by atoms with Crippen molar-refractivity contribution in [2.75, 3.05) is 11.5 Å². The molecule has 0 radical (unpaired) electrons. The van der Waals surface area contributed by atoms with Crippen molar-refractivity contribution in [2.45, 2.75) is 270 Å². The number of benzene rings is 4. The molecule has 4 aromatic carbocycles. The Hall–Kier alpha value is -3.52. The predicted molar refractivity (Wildman–Crippen MR) is 303 cm³/mol. The molecule has 4 N–H and O–H groups in total. The molecule has 0 spiro atoms. The Morgan fingerprint density at radius 1 is 0.250 bits per heavy atom. The van der Waals surface area contributed by atoms with E-state index in [9.17, 15) is 0 Å². The molecular formula is C66H104N2. The molecule has 2 atom stereocenters. The molecular weight excluding hydrogens is 821 g/mol. The average molecular weight is 926 g/mol. The zero-order valence-electron chi connectivity index (χ0n) is 44.4. The second-order valence-electron chi connectivity index (χ2n) is 21.3. The fourth-order valence-corrected chi connectivity index (χ4v) is 10.8. The van der Waals surface area contributed by atoms with Crippen molar-refractivity contribution < 1.29 is 0 Å². The maximum absolute atomic E-state index is 6.05. The Bertz CT molecular complexity index is 1590. The van der Waals surface area contributed by atoms with E-state index in [1.54, 1.807) is 0 Å². The van der Waals surface area contributed by atoms with Gasteiger partial charge in [0.25, 0.3) is 0 Å². The zero-order valence-corrected chi connectivity index (χ0v) is 44.4. The SMILES string of the molecule is CCCCCCCCCCC(c1ccc(N)cc1)c1ccc(CCCCCCCCCCCCCCCCCCCCc2ccc(C(CCCCCCCCCC)c3ccc(N)cc3)cc2)cc1. The first-order valence-corrected chi connectivity index (χ1v) is 29.5. The minimum atomic E-state index is 0.471. The smallest absolute Gasteiger partial charge is 0.0314 e. The minimum absolute atomic E-state index is 0.471. The Morgan fingerprint density at radius 2 is 0.456 bits per heavy atom. The van der Waals surface area contributed by atoms with Crippen LogP contribution in [0, 0.1) is 0 Å². The molecule has 68 heavy (non-hydrogen) atoms. The lowest BCUT2D eigenvalue weighted by atomic mass is 9.86. The van der Waals surface area contributed by atoms with Crippen LogP contribution in [0.1, 0.15) is 290 Å². The van der Waals surface area contributed by atoms with E-state index in [0.717, 1.165) is 11.4 Å². The largest absolute Gasteiger partial charge is 0.399 e. The summed E-state index contributed by atoms with van der Waals surface area (Å²) in [5.41, 5.74) is 22.6. The number of hydrogen-bond donors (Lipinski definition) is 2. The van der Waals surface area contributed by atoms with Gasteiger partial charge in [-0.3, -0.25) is 0 Å². The Labute approximate surface area is 421 Å². The molecule has 4 aromatic rings. The van der Waals surface area contributed by atoms with Crippen LogP contribution in [-0.2, 0) is 12.8 Å². The summed E-state index contributed by atoms with van der Waals surface area (Å²) >= 11 is 0. The van der Waals surface area contributed by atoms with Crippen LogP contribution in [-0.4, -0.2) is 0 Å². The van der Waals surface area contributed by atoms with Gasteiger partial charge in [0.05, 0.1) is 0 Å². The fraction of sp³-hybridized carbons (Fsp3) is 0.636. The minimum Gasteiger partial charge on any atom is -0.399 e. The standard InChI is InChI=1S/C66H104N2/c1-3-5-7-9-11-27-31-35-39-65(61-49-53-63(67)54-50-61)59-45-41-57(42-46-59)37-33-29-25-23-21-19-17-15-13-14-16-18-20-22-24-26-30-34-38-58-43-47-60(48-44-58)66(62-51-55-64(68)56-52-62)40-36-32-28-12-10-8-6-4-2/h41-56,65-66H,3-40,67-68H2,1-2H3. The van der Waals surface area contributed by atoms with E-state index in [-0.39, 0.29) is 0 Å². The summed E-state index contributed by atoms with van der Waals surface area (Å²) in [6, 6.07) is 36.6. The maximum atomic E-state index is 6.05. The summed E-state index contributed by atoms with van der Waals surface area (Å²) in [7, 11) is 0. The molecule has 2 heteroatoms. The van der Waals surface area contributed by atoms with Crippen LogP contribution in [0.25, 0.3) is 0 Å². The van der Waals surface area contributed by atoms with Crippen LogP contribution < -0.4 is 11.5 Å². The van der Waals surface area contributed by atoms with E-state index in [4.69, 9.17) is 11.5 Å². The molecule has 0 heterocycles. The van der Waals surface area contributed by atoms with Crippen LogP contribution in [0.15, 0.2) is 97.1 Å². The Kier molecular flexibility index (Phi) is 32.1. The van der Waals surface area contributed by atoms with Gasteiger partial charge in [0, 0.05) is 23.2 Å². The number of hydrogen-bond acceptors (Lipinski definition) is 2. The summed E-state index contributed by atoms with van der Waals surface area (Å²) in [6.07, 6.45) is 52.2. The number of anilines is 2. The molecule has 4 rings (SSSR count). The highest BCUT2D eigenvalue weighted by Crippen LogP contribution is 2.33. The third kappa shape index (κ3) is 25.9. The van der Waals surface area contributed by atoms with E-state index in [1.165, 1.54) is 277 Å². The second-order valence-corrected chi connectivity index (χ2v) is 21.3. The van der Waals surface area contributed by atoms with Gasteiger partial charge in [-0.15, -0.1) is 0 Å². The quantitative estimate of drug-likeness (QED) is 0.0343. The summed E-state index contributed by atoms with van der Waals surface area (Å²) in [5.74, 6) is 0.941. The fourth-order valence-electron chi connectivity index (χ4n) is 10.8. The third-order valence-corrected chi connectivity index (χ3v) is 15.3. The van der Waals surface area contributed by atoms with E-state index in [1.807, 2.05) is 0 Å². The van der Waals surface area contributed by atoms with Gasteiger partial charge in [-0.05, 0) is 96.2 Å². The number of rotatable bonds is 43. The van der Waals surface area contributed by atoms with E-state index in [0.29, 0.717) is 11.8 Å². The number of aryl methyl sites for hydroxylation is 2. The highest BCUT2D eigenvalue weighted by atomic mass is 14.5. The average Bonchev–Trinajstić information content (AvgIpc) is 3.36. The lowest BCUT2D eigenvalue weighted by Crippen LogP contribution is -2.02. The summed E-state index contributed by atoms with van der Waals surface area (Å²) in [5, 5.41) is 0. The van der Waals surface area contributed by atoms with Crippen molar-refractivity contribution in [1.82, 2.24) is 0 Å². The maximum Gasteiger partial charge on any atom is 0.0314 e. The third-order valence-electron chi connectivity index (χ3n) is 15.3. The first-order valence-electron chi connectivity index (χ1n) is 29.5. The molecule has 0 saturated carbocycles. The van der Waals surface area contributed by atoms with Crippen molar-refractivity contribution in [1.29, 1.82) is 0 Å². The van der Waals surface area contributed by atoms with Gasteiger partial charge >= 0.3 is 0 Å². The zero-order chi connectivity index (χ0) is 48.0. The van der Waals surface area contributed by atoms with Crippen LogP contribution in [0.3, 0.4) is 0 Å². The lowest BCUT2D eigenvalue weighted by molar-refractivity contribution is 0.524. The lowest BCUT2D eigenvalue weighted by Gasteiger charge is -2.19. The van der Waals surface area contributed by atoms with Crippen molar-refractivity contribution in [3.63, 3.8) is 0 Å². The molecule has 0 aromatic heterocycles. The molecule has 0 amide bonds. The molecule has 0 fully saturated rings. The predicted octanol–water partition coefficient (Wildman–Crippen LogP) is 21.0. The molecule has 0 bridgehead atoms. The summed E-state index contributed by atoms with van der Waals surface area (Å²) < 4.78 is 0. The van der Waals surface area contributed by atoms with Gasteiger partial charge in [-0.2, -0.15) is 0 Å². The highest BCUT2D eigenvalue weighted by Gasteiger charge is 2.16. The van der Waals surface area contributed by atoms with Crippen LogP contribution >= 0.6 is 0 Å². The van der Waals surface area contributed by atoms with Crippen LogP contribution in [0.2, 0.25) is 0 Å². The van der Waals surface area contributed by atoms with Gasteiger partial charge in [-0.25, -0.2) is 0 Å². The number of nitrogens with two attached hydrogens (primary N) is 2. The Morgan fingerprint density at radius 3 is 0.706 bits per heavy atom. The topological polar surface area (TPSA) is 52.0 Å². The molecule has 378 valence electrons. The Balaban J connectivity index is 0.939. The number of unbranched alkanes of at least 4 members (excludes halogenated alkanes) is 31. The second kappa shape index (κ2) is 38.3. The molecule has 0 aliphatic heterocycles. The van der Waals surface area contributed by atoms with Crippen molar-refractivity contribution in [3.8, 4) is 0 Å². The number of nitrogen functional groups attached to an aromatic ring is 2. The first kappa shape index (κ1) is 57.1. The molecule has 2 nitrogen and oxygen atoms in total. The van der Waals surface area contributed by atoms with Gasteiger partial charge in [0.1, 0.15) is 0 Å². The van der Waals surface area contributed by atoms with Crippen molar-refractivity contribution in [2.24, 2.45) is 0 Å². The van der Waals surface area contributed by atoms with E-state index >= 15 is 0 Å². The van der Waals surface area contributed by atoms with Gasteiger partial charge < -0.3 is 11.5 Å². The molecule has 2 unspecified atom stereocenters. The van der Waals surface area contributed by atoms with Crippen LogP contribution in [0.5, 0.6) is 0 Å². The van der Waals surface area contributed by atoms with E-state index in [2.05, 4.69) is 111 Å². The van der Waals surface area contributed by atoms with Crippen LogP contribution in [0.4, 0.5) is 11.4 Å². The summed E-state index contributed by atoms with van der Waals surface area (Å²) in [6.45, 7) is 4.60. The van der Waals surface area contributed by atoms with Gasteiger partial charge in [-0.1, -0.05) is 292 Å².